The SMILES string of the molecule is CN(C)C(=O)CN1C[C@@H]2CC[C@H](C1)N(Cc1csc(-c3ccccc3)n1)C2. The Balaban J connectivity index is 1.42. The summed E-state index contributed by atoms with van der Waals surface area (Å²) in [7, 11) is 3.68. The molecule has 1 amide bonds. The number of carbonyl (C=O) groups is 1. The van der Waals surface area contributed by atoms with Crippen molar-refractivity contribution in [2.24, 2.45) is 5.92 Å². The van der Waals surface area contributed by atoms with Gasteiger partial charge in [0.1, 0.15) is 5.01 Å². The Kier molecular flexibility index (Phi) is 5.57. The molecule has 3 saturated heterocycles. The summed E-state index contributed by atoms with van der Waals surface area (Å²) in [4.78, 5) is 23.7. The number of fused-ring (bicyclic) bond motifs is 4. The van der Waals surface area contributed by atoms with E-state index >= 15 is 0 Å². The maximum Gasteiger partial charge on any atom is 0.236 e. The first-order valence-electron chi connectivity index (χ1n) is 9.75. The van der Waals surface area contributed by atoms with Gasteiger partial charge in [0.2, 0.25) is 5.91 Å². The zero-order chi connectivity index (χ0) is 18.8. The lowest BCUT2D eigenvalue weighted by atomic mass is 9.95. The summed E-state index contributed by atoms with van der Waals surface area (Å²) in [5.41, 5.74) is 2.36. The number of rotatable bonds is 5. The fourth-order valence-corrected chi connectivity index (χ4v) is 5.05. The number of hydrogen-bond donors (Lipinski definition) is 0. The summed E-state index contributed by atoms with van der Waals surface area (Å²) in [6.45, 7) is 4.61. The van der Waals surface area contributed by atoms with Crippen LogP contribution in [0.3, 0.4) is 0 Å². The normalized spacial score (nSPS) is 23.3. The van der Waals surface area contributed by atoms with Crippen LogP contribution in [-0.2, 0) is 11.3 Å². The molecule has 1 aromatic carbocycles. The maximum absolute atomic E-state index is 12.1. The van der Waals surface area contributed by atoms with Crippen LogP contribution in [0.15, 0.2) is 35.7 Å². The highest BCUT2D eigenvalue weighted by atomic mass is 32.1. The first-order valence-corrected chi connectivity index (χ1v) is 10.6. The molecular weight excluding hydrogens is 356 g/mol. The predicted octanol–water partition coefficient (Wildman–Crippen LogP) is 2.79. The molecule has 6 heteroatoms. The molecule has 5 rings (SSSR count). The molecule has 27 heavy (non-hydrogen) atoms. The third-order valence-electron chi connectivity index (χ3n) is 5.70. The van der Waals surface area contributed by atoms with E-state index in [0.717, 1.165) is 31.2 Å². The number of hydrogen-bond acceptors (Lipinski definition) is 5. The minimum absolute atomic E-state index is 0.204. The van der Waals surface area contributed by atoms with E-state index in [1.165, 1.54) is 24.1 Å². The lowest BCUT2D eigenvalue weighted by molar-refractivity contribution is -0.130. The van der Waals surface area contributed by atoms with E-state index in [4.69, 9.17) is 4.98 Å². The quantitative estimate of drug-likeness (QED) is 0.795. The monoisotopic (exact) mass is 384 g/mol. The van der Waals surface area contributed by atoms with Crippen LogP contribution in [0.4, 0.5) is 0 Å². The van der Waals surface area contributed by atoms with Gasteiger partial charge in [-0.05, 0) is 18.8 Å². The Labute approximate surface area is 165 Å². The predicted molar refractivity (Wildman–Crippen MR) is 110 cm³/mol. The van der Waals surface area contributed by atoms with Gasteiger partial charge in [0.25, 0.3) is 0 Å². The Morgan fingerprint density at radius 2 is 2.00 bits per heavy atom. The van der Waals surface area contributed by atoms with Gasteiger partial charge in [-0.2, -0.15) is 0 Å². The second-order valence-corrected chi connectivity index (χ2v) is 8.88. The molecule has 0 radical (unpaired) electrons. The summed E-state index contributed by atoms with van der Waals surface area (Å²) in [6, 6.07) is 10.9. The van der Waals surface area contributed by atoms with Crippen molar-refractivity contribution in [3.05, 3.63) is 41.4 Å². The molecule has 2 atom stereocenters. The molecule has 5 nitrogen and oxygen atoms in total. The molecule has 3 fully saturated rings. The Bertz CT molecular complexity index is 775. The van der Waals surface area contributed by atoms with Crippen LogP contribution >= 0.6 is 11.3 Å². The van der Waals surface area contributed by atoms with Crippen LogP contribution in [0.2, 0.25) is 0 Å². The van der Waals surface area contributed by atoms with Gasteiger partial charge in [-0.3, -0.25) is 14.6 Å². The molecule has 2 bridgehead atoms. The number of amides is 1. The van der Waals surface area contributed by atoms with Crippen molar-refractivity contribution >= 4 is 17.2 Å². The van der Waals surface area contributed by atoms with Crippen molar-refractivity contribution in [3.63, 3.8) is 0 Å². The van der Waals surface area contributed by atoms with Crippen LogP contribution in [0, 0.1) is 5.92 Å². The molecule has 3 aliphatic rings. The van der Waals surface area contributed by atoms with Crippen LogP contribution < -0.4 is 0 Å². The second-order valence-electron chi connectivity index (χ2n) is 8.02. The summed E-state index contributed by atoms with van der Waals surface area (Å²) in [5.74, 6) is 0.862. The van der Waals surface area contributed by atoms with Crippen molar-refractivity contribution in [2.75, 3.05) is 40.3 Å². The number of benzene rings is 1. The summed E-state index contributed by atoms with van der Waals surface area (Å²) < 4.78 is 0. The van der Waals surface area contributed by atoms with Crippen molar-refractivity contribution in [1.29, 1.82) is 0 Å². The van der Waals surface area contributed by atoms with Gasteiger partial charge in [0, 0.05) is 57.3 Å². The Morgan fingerprint density at radius 3 is 2.78 bits per heavy atom. The van der Waals surface area contributed by atoms with Gasteiger partial charge < -0.3 is 4.90 Å². The average Bonchev–Trinajstić information content (AvgIpc) is 2.96. The zero-order valence-corrected chi connectivity index (χ0v) is 17.0. The van der Waals surface area contributed by atoms with Gasteiger partial charge in [-0.25, -0.2) is 4.98 Å². The van der Waals surface area contributed by atoms with Crippen LogP contribution in [0.25, 0.3) is 10.6 Å². The third-order valence-corrected chi connectivity index (χ3v) is 6.64. The molecule has 1 aromatic heterocycles. The standard InChI is InChI=1S/C21H28N4OS/c1-23(2)20(26)14-24-10-16-8-9-19(13-24)25(11-16)12-18-15-27-21(22-18)17-6-4-3-5-7-17/h3-7,15-16,19H,8-14H2,1-2H3/t16-,19+/m0/s1. The molecule has 0 saturated carbocycles. The highest BCUT2D eigenvalue weighted by Crippen LogP contribution is 2.30. The van der Waals surface area contributed by atoms with Gasteiger partial charge in [0.05, 0.1) is 12.2 Å². The van der Waals surface area contributed by atoms with E-state index in [1.807, 2.05) is 20.2 Å². The van der Waals surface area contributed by atoms with Crippen molar-refractivity contribution in [2.45, 2.75) is 25.4 Å². The van der Waals surface area contributed by atoms with E-state index < -0.39 is 0 Å². The lowest BCUT2D eigenvalue weighted by Gasteiger charge is -2.35. The molecule has 0 unspecified atom stereocenters. The number of aromatic nitrogens is 1. The highest BCUT2D eigenvalue weighted by Gasteiger charge is 2.35. The molecule has 3 aliphatic heterocycles. The largest absolute Gasteiger partial charge is 0.348 e. The first-order chi connectivity index (χ1) is 13.1. The van der Waals surface area contributed by atoms with Crippen LogP contribution in [-0.4, -0.2) is 71.9 Å². The molecular formula is C21H28N4OS. The minimum atomic E-state index is 0.204. The summed E-state index contributed by atoms with van der Waals surface area (Å²) in [5, 5.41) is 3.30. The number of nitrogens with zero attached hydrogens (tertiary/aromatic N) is 4. The molecule has 144 valence electrons. The van der Waals surface area contributed by atoms with Gasteiger partial charge in [-0.15, -0.1) is 11.3 Å². The van der Waals surface area contributed by atoms with Crippen molar-refractivity contribution in [1.82, 2.24) is 19.7 Å². The first kappa shape index (κ1) is 18.6. The number of likely N-dealkylation sites (N-methyl/N-ethyl adjacent to an activating group) is 1. The number of thiazole rings is 1. The van der Waals surface area contributed by atoms with E-state index in [9.17, 15) is 4.79 Å². The summed E-state index contributed by atoms with van der Waals surface area (Å²) >= 11 is 1.73. The van der Waals surface area contributed by atoms with E-state index in [0.29, 0.717) is 18.5 Å². The zero-order valence-electron chi connectivity index (χ0n) is 16.2. The van der Waals surface area contributed by atoms with Crippen molar-refractivity contribution < 1.29 is 4.79 Å². The Morgan fingerprint density at radius 1 is 1.19 bits per heavy atom. The van der Waals surface area contributed by atoms with Gasteiger partial charge in [0.15, 0.2) is 0 Å². The van der Waals surface area contributed by atoms with Gasteiger partial charge >= 0.3 is 0 Å². The number of carbonyl (C=O) groups excluding carboxylic acids is 1. The molecule has 0 aliphatic carbocycles. The van der Waals surface area contributed by atoms with Crippen LogP contribution in [0.1, 0.15) is 18.5 Å². The van der Waals surface area contributed by atoms with E-state index in [2.05, 4.69) is 39.4 Å². The van der Waals surface area contributed by atoms with E-state index in [-0.39, 0.29) is 5.91 Å². The maximum atomic E-state index is 12.1. The molecule has 0 N–H and O–H groups in total. The van der Waals surface area contributed by atoms with Crippen molar-refractivity contribution in [3.8, 4) is 10.6 Å². The lowest BCUT2D eigenvalue weighted by Crippen LogP contribution is -2.44. The van der Waals surface area contributed by atoms with Crippen LogP contribution in [0.5, 0.6) is 0 Å². The van der Waals surface area contributed by atoms with E-state index in [1.54, 1.807) is 16.2 Å². The molecule has 4 heterocycles. The fraction of sp³-hybridized carbons (Fsp3) is 0.524. The smallest absolute Gasteiger partial charge is 0.236 e. The molecule has 2 aromatic rings. The fourth-order valence-electron chi connectivity index (χ4n) is 4.23. The minimum Gasteiger partial charge on any atom is -0.348 e. The second kappa shape index (κ2) is 8.09. The third kappa shape index (κ3) is 4.39. The average molecular weight is 385 g/mol. The number of piperidine rings is 1. The highest BCUT2D eigenvalue weighted by molar-refractivity contribution is 7.13. The van der Waals surface area contributed by atoms with Gasteiger partial charge in [-0.1, -0.05) is 30.3 Å². The topological polar surface area (TPSA) is 39.7 Å². The summed E-state index contributed by atoms with van der Waals surface area (Å²) in [6.07, 6.45) is 2.51. The molecule has 0 spiro atoms. The Hall–Kier alpha value is -1.76.